The second-order valence-electron chi connectivity index (χ2n) is 9.06. The van der Waals surface area contributed by atoms with Crippen molar-refractivity contribution in [3.8, 4) is 0 Å². The van der Waals surface area contributed by atoms with Crippen LogP contribution in [-0.4, -0.2) is 24.0 Å². The standard InChI is InChI=1S/C22H26FNO2SSi/c1-22(2,3)26-21(25)16-9-10-20-18(13-24-27-20)17(16)11-14-7-8-15(12-19(14)23)28(4,5)6/h7-10,12-13H,11H2,1-6H3. The number of nitrogens with zero attached hydrogens (tertiary/aromatic N) is 1. The summed E-state index contributed by atoms with van der Waals surface area (Å²) in [6.07, 6.45) is 2.07. The summed E-state index contributed by atoms with van der Waals surface area (Å²) in [7, 11) is -1.59. The molecule has 3 aromatic rings. The van der Waals surface area contributed by atoms with Crippen molar-refractivity contribution in [1.82, 2.24) is 4.37 Å². The van der Waals surface area contributed by atoms with E-state index in [1.807, 2.05) is 39.0 Å². The maximum atomic E-state index is 14.9. The highest BCUT2D eigenvalue weighted by Crippen LogP contribution is 2.29. The summed E-state index contributed by atoms with van der Waals surface area (Å²) < 4.78 is 25.7. The van der Waals surface area contributed by atoms with E-state index in [1.54, 1.807) is 18.3 Å². The molecule has 0 unspecified atom stereocenters. The number of fused-ring (bicyclic) bond motifs is 1. The van der Waals surface area contributed by atoms with Crippen molar-refractivity contribution in [2.75, 3.05) is 0 Å². The maximum Gasteiger partial charge on any atom is 0.338 e. The molecule has 0 aliphatic carbocycles. The van der Waals surface area contributed by atoms with Crippen LogP contribution in [0.5, 0.6) is 0 Å². The minimum Gasteiger partial charge on any atom is -0.456 e. The van der Waals surface area contributed by atoms with Crippen LogP contribution in [0.4, 0.5) is 4.39 Å². The minimum atomic E-state index is -1.59. The molecule has 0 radical (unpaired) electrons. The zero-order chi connectivity index (χ0) is 20.7. The fraction of sp³-hybridized carbons (Fsp3) is 0.364. The molecule has 1 aromatic heterocycles. The van der Waals surface area contributed by atoms with Crippen LogP contribution >= 0.6 is 11.5 Å². The Kier molecular flexibility index (Phi) is 5.47. The van der Waals surface area contributed by atoms with E-state index >= 15 is 0 Å². The average Bonchev–Trinajstić information content (AvgIpc) is 3.03. The van der Waals surface area contributed by atoms with Crippen LogP contribution in [0.25, 0.3) is 10.1 Å². The molecular weight excluding hydrogens is 389 g/mol. The smallest absolute Gasteiger partial charge is 0.338 e. The quantitative estimate of drug-likeness (QED) is 0.416. The predicted molar refractivity (Wildman–Crippen MR) is 117 cm³/mol. The van der Waals surface area contributed by atoms with E-state index < -0.39 is 19.6 Å². The first-order chi connectivity index (χ1) is 13.0. The van der Waals surface area contributed by atoms with Gasteiger partial charge in [-0.1, -0.05) is 37.0 Å². The molecule has 0 saturated carbocycles. The van der Waals surface area contributed by atoms with E-state index in [9.17, 15) is 9.18 Å². The molecule has 0 spiro atoms. The first kappa shape index (κ1) is 20.7. The molecule has 2 aromatic carbocycles. The number of halogens is 1. The van der Waals surface area contributed by atoms with Crippen LogP contribution in [0.15, 0.2) is 36.5 Å². The third kappa shape index (κ3) is 4.50. The number of hydrogen-bond acceptors (Lipinski definition) is 4. The fourth-order valence-electron chi connectivity index (χ4n) is 3.06. The molecular formula is C22H26FNO2SSi. The van der Waals surface area contributed by atoms with Gasteiger partial charge in [0, 0.05) is 18.0 Å². The van der Waals surface area contributed by atoms with Gasteiger partial charge in [0.1, 0.15) is 11.4 Å². The Balaban J connectivity index is 2.06. The summed E-state index contributed by atoms with van der Waals surface area (Å²) in [4.78, 5) is 12.8. The van der Waals surface area contributed by atoms with Gasteiger partial charge in [-0.3, -0.25) is 0 Å². The van der Waals surface area contributed by atoms with E-state index in [0.29, 0.717) is 17.5 Å². The summed E-state index contributed by atoms with van der Waals surface area (Å²) in [5, 5.41) is 1.96. The highest BCUT2D eigenvalue weighted by Gasteiger charge is 2.23. The number of carbonyl (C=O) groups excluding carboxylic acids is 1. The molecule has 1 heterocycles. The number of ether oxygens (including phenoxy) is 1. The number of aromatic nitrogens is 1. The van der Waals surface area contributed by atoms with Crippen molar-refractivity contribution < 1.29 is 13.9 Å². The third-order valence-electron chi connectivity index (χ3n) is 4.56. The highest BCUT2D eigenvalue weighted by molar-refractivity contribution is 7.13. The molecule has 28 heavy (non-hydrogen) atoms. The zero-order valence-electron chi connectivity index (χ0n) is 17.2. The lowest BCUT2D eigenvalue weighted by atomic mass is 9.96. The average molecular weight is 416 g/mol. The number of hydrogen-bond donors (Lipinski definition) is 0. The van der Waals surface area contributed by atoms with Crippen LogP contribution in [-0.2, 0) is 11.2 Å². The van der Waals surface area contributed by atoms with E-state index in [1.165, 1.54) is 11.5 Å². The van der Waals surface area contributed by atoms with Gasteiger partial charge in [0.2, 0.25) is 0 Å². The van der Waals surface area contributed by atoms with Gasteiger partial charge in [-0.25, -0.2) is 9.18 Å². The van der Waals surface area contributed by atoms with Gasteiger partial charge in [0.15, 0.2) is 0 Å². The van der Waals surface area contributed by atoms with Crippen molar-refractivity contribution in [3.05, 3.63) is 59.0 Å². The van der Waals surface area contributed by atoms with E-state index in [0.717, 1.165) is 20.8 Å². The van der Waals surface area contributed by atoms with Crippen LogP contribution < -0.4 is 5.19 Å². The first-order valence-corrected chi connectivity index (χ1v) is 13.6. The SMILES string of the molecule is CC(C)(C)OC(=O)c1ccc2sncc2c1Cc1ccc([Si](C)(C)C)cc1F. The number of carbonyl (C=O) groups is 1. The molecule has 0 atom stereocenters. The Labute approximate surface area is 170 Å². The number of benzene rings is 2. The van der Waals surface area contributed by atoms with Crippen molar-refractivity contribution in [1.29, 1.82) is 0 Å². The van der Waals surface area contributed by atoms with Crippen LogP contribution in [0.2, 0.25) is 19.6 Å². The van der Waals surface area contributed by atoms with Crippen molar-refractivity contribution in [2.45, 2.75) is 52.4 Å². The summed E-state index contributed by atoms with van der Waals surface area (Å²) in [5.74, 6) is -0.620. The van der Waals surface area contributed by atoms with Gasteiger partial charge < -0.3 is 4.74 Å². The predicted octanol–water partition coefficient (Wildman–Crippen LogP) is 5.53. The lowest BCUT2D eigenvalue weighted by molar-refractivity contribution is 0.00687. The van der Waals surface area contributed by atoms with Gasteiger partial charge in [-0.2, -0.15) is 4.37 Å². The van der Waals surface area contributed by atoms with E-state index in [2.05, 4.69) is 24.0 Å². The Morgan fingerprint density at radius 3 is 2.50 bits per heavy atom. The highest BCUT2D eigenvalue weighted by atomic mass is 32.1. The second kappa shape index (κ2) is 7.41. The molecule has 0 fully saturated rings. The third-order valence-corrected chi connectivity index (χ3v) is 7.36. The largest absolute Gasteiger partial charge is 0.456 e. The molecule has 148 valence electrons. The molecule has 0 bridgehead atoms. The minimum absolute atomic E-state index is 0.227. The number of esters is 1. The molecule has 6 heteroatoms. The van der Waals surface area contributed by atoms with Crippen molar-refractivity contribution in [2.24, 2.45) is 0 Å². The molecule has 0 saturated heterocycles. The van der Waals surface area contributed by atoms with Gasteiger partial charge in [-0.15, -0.1) is 0 Å². The summed E-state index contributed by atoms with van der Waals surface area (Å²) in [6, 6.07) is 9.16. The molecule has 0 aliphatic rings. The monoisotopic (exact) mass is 415 g/mol. The Hall–Kier alpha value is -2.05. The van der Waals surface area contributed by atoms with Crippen LogP contribution in [0.3, 0.4) is 0 Å². The van der Waals surface area contributed by atoms with Crippen molar-refractivity contribution >= 4 is 40.8 Å². The Morgan fingerprint density at radius 1 is 1.18 bits per heavy atom. The van der Waals surface area contributed by atoms with Crippen LogP contribution in [0, 0.1) is 5.82 Å². The van der Waals surface area contributed by atoms with Gasteiger partial charge in [0.25, 0.3) is 0 Å². The van der Waals surface area contributed by atoms with Gasteiger partial charge in [-0.05, 0) is 61.6 Å². The molecule has 0 aliphatic heterocycles. The molecule has 3 nitrogen and oxygen atoms in total. The summed E-state index contributed by atoms with van der Waals surface area (Å²) in [6.45, 7) is 12.1. The number of rotatable bonds is 4. The summed E-state index contributed by atoms with van der Waals surface area (Å²) in [5.41, 5.74) is 1.21. The topological polar surface area (TPSA) is 39.2 Å². The van der Waals surface area contributed by atoms with Gasteiger partial charge in [0.05, 0.1) is 18.3 Å². The normalized spacial score (nSPS) is 12.4. The van der Waals surface area contributed by atoms with Crippen LogP contribution in [0.1, 0.15) is 42.3 Å². The lowest BCUT2D eigenvalue weighted by Gasteiger charge is -2.21. The molecule has 3 rings (SSSR count). The fourth-order valence-corrected chi connectivity index (χ4v) is 4.88. The van der Waals surface area contributed by atoms with E-state index in [-0.39, 0.29) is 5.82 Å². The lowest BCUT2D eigenvalue weighted by Crippen LogP contribution is -2.37. The van der Waals surface area contributed by atoms with Gasteiger partial charge >= 0.3 is 5.97 Å². The molecule has 0 N–H and O–H groups in total. The Morgan fingerprint density at radius 2 is 1.89 bits per heavy atom. The first-order valence-electron chi connectivity index (χ1n) is 9.34. The molecule has 0 amide bonds. The van der Waals surface area contributed by atoms with Crippen molar-refractivity contribution in [3.63, 3.8) is 0 Å². The summed E-state index contributed by atoms with van der Waals surface area (Å²) >= 11 is 1.37. The van der Waals surface area contributed by atoms with E-state index in [4.69, 9.17) is 4.74 Å². The zero-order valence-corrected chi connectivity index (χ0v) is 19.0. The Bertz CT molecular complexity index is 1030. The maximum absolute atomic E-state index is 14.9. The second-order valence-corrected chi connectivity index (χ2v) is 15.0.